The van der Waals surface area contributed by atoms with E-state index in [1.165, 1.54) is 29.3 Å². The van der Waals surface area contributed by atoms with Crippen LogP contribution in [-0.4, -0.2) is 11.1 Å². The number of aromatic carboxylic acids is 1. The van der Waals surface area contributed by atoms with Crippen molar-refractivity contribution in [3.8, 4) is 0 Å². The Labute approximate surface area is 170 Å². The monoisotopic (exact) mass is 395 g/mol. The Bertz CT molecular complexity index is 992. The molecule has 1 atom stereocenters. The molecule has 3 rings (SSSR count). The molecule has 2 aromatic carbocycles. The summed E-state index contributed by atoms with van der Waals surface area (Å²) in [5.74, 6) is -1.84. The van der Waals surface area contributed by atoms with E-state index in [9.17, 15) is 14.1 Å². The van der Waals surface area contributed by atoms with E-state index in [4.69, 9.17) is 5.11 Å². The molecule has 0 spiro atoms. The number of benzene rings is 2. The highest BCUT2D eigenvalue weighted by molar-refractivity contribution is 5.87. The second-order valence-electron chi connectivity index (χ2n) is 9.02. The number of rotatable bonds is 5. The van der Waals surface area contributed by atoms with Crippen LogP contribution in [0.3, 0.4) is 0 Å². The maximum atomic E-state index is 14.2. The van der Waals surface area contributed by atoms with Crippen molar-refractivity contribution in [1.29, 1.82) is 0 Å². The van der Waals surface area contributed by atoms with Crippen molar-refractivity contribution in [2.75, 3.05) is 0 Å². The maximum Gasteiger partial charge on any atom is 0.335 e. The summed E-state index contributed by atoms with van der Waals surface area (Å²) in [6, 6.07) is 8.99. The molecule has 0 aromatic heterocycles. The molecule has 1 aliphatic rings. The molecule has 0 heterocycles. The highest BCUT2D eigenvalue weighted by atomic mass is 19.1. The molecule has 0 saturated carbocycles. The predicted molar refractivity (Wildman–Crippen MR) is 113 cm³/mol. The number of carboxylic acid groups (broad SMARTS) is 1. The van der Waals surface area contributed by atoms with E-state index in [0.717, 1.165) is 24.5 Å². The Hall–Kier alpha value is -2.82. The van der Waals surface area contributed by atoms with Crippen LogP contribution in [0.4, 0.5) is 4.39 Å². The van der Waals surface area contributed by atoms with Crippen LogP contribution in [0.15, 0.2) is 47.7 Å². The average molecular weight is 395 g/mol. The van der Waals surface area contributed by atoms with Crippen LogP contribution in [0.2, 0.25) is 0 Å². The topological polar surface area (TPSA) is 66.7 Å². The van der Waals surface area contributed by atoms with Crippen molar-refractivity contribution in [3.63, 3.8) is 0 Å². The van der Waals surface area contributed by atoms with E-state index in [-0.39, 0.29) is 22.0 Å². The minimum absolute atomic E-state index is 0.0107. The highest BCUT2D eigenvalue weighted by Crippen LogP contribution is 2.46. The number of fused-ring (bicyclic) bond motifs is 1. The van der Waals surface area contributed by atoms with Crippen molar-refractivity contribution < 1.29 is 14.3 Å². The van der Waals surface area contributed by atoms with Crippen LogP contribution in [0.5, 0.6) is 0 Å². The van der Waals surface area contributed by atoms with Crippen LogP contribution in [0.1, 0.15) is 79.2 Å². The van der Waals surface area contributed by atoms with Gasteiger partial charge in [0.25, 0.3) is 0 Å². The second kappa shape index (κ2) is 7.54. The van der Waals surface area contributed by atoms with E-state index in [1.54, 1.807) is 6.08 Å². The molecule has 1 aliphatic carbocycles. The molecule has 0 amide bonds. The molecule has 4 nitrogen and oxygen atoms in total. The molecular formula is C24H26FNO3. The Morgan fingerprint density at radius 1 is 1.07 bits per heavy atom. The van der Waals surface area contributed by atoms with Gasteiger partial charge in [0.05, 0.1) is 5.56 Å². The van der Waals surface area contributed by atoms with Crippen LogP contribution in [-0.2, 0) is 10.8 Å². The lowest BCUT2D eigenvalue weighted by atomic mass is 9.63. The predicted octanol–water partition coefficient (Wildman–Crippen LogP) is 6.39. The fourth-order valence-corrected chi connectivity index (χ4v) is 3.99. The third kappa shape index (κ3) is 4.14. The van der Waals surface area contributed by atoms with Gasteiger partial charge in [0, 0.05) is 5.56 Å². The van der Waals surface area contributed by atoms with E-state index >= 15 is 0 Å². The van der Waals surface area contributed by atoms with E-state index in [0.29, 0.717) is 0 Å². The minimum atomic E-state index is -1.19. The van der Waals surface area contributed by atoms with E-state index < -0.39 is 17.8 Å². The van der Waals surface area contributed by atoms with Crippen molar-refractivity contribution >= 4 is 12.0 Å². The number of hydrogen-bond acceptors (Lipinski definition) is 3. The quantitative estimate of drug-likeness (QED) is 0.596. The van der Waals surface area contributed by atoms with E-state index in [1.807, 2.05) is 6.07 Å². The van der Waals surface area contributed by atoms with Gasteiger partial charge in [-0.05, 0) is 52.5 Å². The lowest BCUT2D eigenvalue weighted by molar-refractivity contribution is 0.0696. The number of halogens is 1. The van der Waals surface area contributed by atoms with E-state index in [2.05, 4.69) is 45.0 Å². The van der Waals surface area contributed by atoms with Gasteiger partial charge >= 0.3 is 5.97 Å². The van der Waals surface area contributed by atoms with Gasteiger partial charge in [0.15, 0.2) is 0 Å². The molecule has 0 saturated heterocycles. The minimum Gasteiger partial charge on any atom is -0.478 e. The summed E-state index contributed by atoms with van der Waals surface area (Å²) in [7, 11) is 0. The number of hydrogen-bond donors (Lipinski definition) is 1. The molecular weight excluding hydrogens is 369 g/mol. The zero-order chi connectivity index (χ0) is 21.4. The summed E-state index contributed by atoms with van der Waals surface area (Å²) < 4.78 is 14.2. The number of carbonyl (C=O) groups is 1. The van der Waals surface area contributed by atoms with Gasteiger partial charge in [-0.3, -0.25) is 0 Å². The zero-order valence-electron chi connectivity index (χ0n) is 17.2. The number of carboxylic acids is 1. The molecule has 1 unspecified atom stereocenters. The van der Waals surface area contributed by atoms with Crippen molar-refractivity contribution in [3.05, 3.63) is 81.0 Å². The van der Waals surface area contributed by atoms with Crippen LogP contribution < -0.4 is 0 Å². The van der Waals surface area contributed by atoms with Crippen LogP contribution >= 0.6 is 0 Å². The Morgan fingerprint density at radius 2 is 1.72 bits per heavy atom. The van der Waals surface area contributed by atoms with Gasteiger partial charge in [0.1, 0.15) is 11.9 Å². The van der Waals surface area contributed by atoms with Gasteiger partial charge < -0.3 is 5.11 Å². The third-order valence-electron chi connectivity index (χ3n) is 6.04. The molecule has 29 heavy (non-hydrogen) atoms. The Kier molecular flexibility index (Phi) is 5.44. The fourth-order valence-electron chi connectivity index (χ4n) is 3.99. The highest BCUT2D eigenvalue weighted by Gasteiger charge is 2.37. The summed E-state index contributed by atoms with van der Waals surface area (Å²) in [4.78, 5) is 22.5. The molecule has 2 aromatic rings. The molecule has 0 fully saturated rings. The summed E-state index contributed by atoms with van der Waals surface area (Å²) in [5, 5.41) is 12.2. The molecule has 152 valence electrons. The van der Waals surface area contributed by atoms with Crippen molar-refractivity contribution in [2.24, 2.45) is 5.18 Å². The summed E-state index contributed by atoms with van der Waals surface area (Å²) in [5.41, 5.74) is 3.47. The molecule has 0 radical (unpaired) electrons. The van der Waals surface area contributed by atoms with Gasteiger partial charge in [0.2, 0.25) is 0 Å². The lowest BCUT2D eigenvalue weighted by Crippen LogP contribution is -2.33. The second-order valence-corrected chi connectivity index (χ2v) is 9.02. The lowest BCUT2D eigenvalue weighted by Gasteiger charge is -2.42. The van der Waals surface area contributed by atoms with Gasteiger partial charge in [-0.15, -0.1) is 4.91 Å². The first-order chi connectivity index (χ1) is 13.5. The summed E-state index contributed by atoms with van der Waals surface area (Å²) in [6.45, 7) is 8.90. The molecule has 0 aliphatic heterocycles. The maximum absolute atomic E-state index is 14.2. The standard InChI is InChI=1S/C24H26FNO3/c1-23(2)11-12-24(3,4)19-13-16(7-9-18(19)23)21(26-29)10-8-15-5-6-17(22(27)28)14-20(15)25/h5-10,13-14,21H,11-12H2,1-4H3,(H,27,28). The first-order valence-corrected chi connectivity index (χ1v) is 9.73. The summed E-state index contributed by atoms with van der Waals surface area (Å²) in [6.07, 6.45) is 5.19. The Morgan fingerprint density at radius 3 is 2.31 bits per heavy atom. The SMILES string of the molecule is CC1(C)CCC(C)(C)c2cc(C(C=Cc3ccc(C(=O)O)cc3F)N=O)ccc21. The summed E-state index contributed by atoms with van der Waals surface area (Å²) >= 11 is 0. The fraction of sp³-hybridized carbons (Fsp3) is 0.375. The molecule has 5 heteroatoms. The molecule has 1 N–H and O–H groups in total. The Balaban J connectivity index is 1.94. The molecule has 0 bridgehead atoms. The van der Waals surface area contributed by atoms with Gasteiger partial charge in [-0.25, -0.2) is 9.18 Å². The smallest absolute Gasteiger partial charge is 0.335 e. The average Bonchev–Trinajstić information content (AvgIpc) is 2.67. The van der Waals surface area contributed by atoms with Crippen LogP contribution in [0.25, 0.3) is 6.08 Å². The van der Waals surface area contributed by atoms with Gasteiger partial charge in [-0.1, -0.05) is 69.3 Å². The number of nitrogens with zero attached hydrogens (tertiary/aromatic N) is 1. The normalized spacial score (nSPS) is 18.2. The largest absolute Gasteiger partial charge is 0.478 e. The van der Waals surface area contributed by atoms with Gasteiger partial charge in [-0.2, -0.15) is 0 Å². The van der Waals surface area contributed by atoms with Crippen LogP contribution in [0, 0.1) is 10.7 Å². The van der Waals surface area contributed by atoms with Crippen molar-refractivity contribution in [2.45, 2.75) is 57.4 Å². The van der Waals surface area contributed by atoms with Crippen molar-refractivity contribution in [1.82, 2.24) is 0 Å². The first kappa shape index (κ1) is 20.9. The first-order valence-electron chi connectivity index (χ1n) is 9.73. The zero-order valence-corrected chi connectivity index (χ0v) is 17.2. The number of nitroso groups, excluding NO2 is 1. The third-order valence-corrected chi connectivity index (χ3v) is 6.04.